The average molecular weight is 408 g/mol. The highest BCUT2D eigenvalue weighted by Crippen LogP contribution is 2.34. The number of carboxylic acids is 2. The number of aromatic nitrogens is 2. The summed E-state index contributed by atoms with van der Waals surface area (Å²) in [4.78, 5) is 32.8. The number of hydrogen-bond acceptors (Lipinski definition) is 5. The summed E-state index contributed by atoms with van der Waals surface area (Å²) >= 11 is 0. The standard InChI is InChI=1S/C22H24N4O4/c1-24-17-8-3-2-7-16(17)18(19(24)21(27)28)20(22(29)30)26-12-10-25(11-13-26)14-15-6-4-5-9-23-15/h2-9,20H,10-14H2,1H3,(H,27,28)(H,29,30)/t20-/m0/s1. The van der Waals surface area contributed by atoms with Crippen LogP contribution in [0.1, 0.15) is 27.8 Å². The minimum Gasteiger partial charge on any atom is -0.480 e. The molecule has 2 N–H and O–H groups in total. The molecule has 0 spiro atoms. The molecule has 8 heteroatoms. The summed E-state index contributed by atoms with van der Waals surface area (Å²) in [7, 11) is 1.67. The molecule has 1 fully saturated rings. The Morgan fingerprint density at radius 1 is 1.03 bits per heavy atom. The fourth-order valence-corrected chi connectivity index (χ4v) is 4.32. The van der Waals surface area contributed by atoms with Gasteiger partial charge in [-0.1, -0.05) is 24.3 Å². The number of aliphatic carboxylic acids is 1. The van der Waals surface area contributed by atoms with Crippen molar-refractivity contribution in [1.29, 1.82) is 0 Å². The van der Waals surface area contributed by atoms with E-state index in [0.29, 0.717) is 49.2 Å². The van der Waals surface area contributed by atoms with E-state index in [2.05, 4.69) is 9.88 Å². The molecule has 3 aromatic rings. The number of piperazine rings is 1. The summed E-state index contributed by atoms with van der Waals surface area (Å²) in [6.07, 6.45) is 1.76. The Morgan fingerprint density at radius 3 is 2.37 bits per heavy atom. The van der Waals surface area contributed by atoms with Crippen LogP contribution in [-0.2, 0) is 18.4 Å². The van der Waals surface area contributed by atoms with Gasteiger partial charge in [-0.2, -0.15) is 0 Å². The van der Waals surface area contributed by atoms with Crippen molar-refractivity contribution >= 4 is 22.8 Å². The number of hydrogen-bond donors (Lipinski definition) is 2. The maximum absolute atomic E-state index is 12.3. The Hall–Kier alpha value is -3.23. The minimum atomic E-state index is -1.12. The number of nitrogens with zero attached hydrogens (tertiary/aromatic N) is 4. The predicted molar refractivity (Wildman–Crippen MR) is 111 cm³/mol. The van der Waals surface area contributed by atoms with Crippen LogP contribution in [0.5, 0.6) is 0 Å². The fourth-order valence-electron chi connectivity index (χ4n) is 4.32. The third-order valence-corrected chi connectivity index (χ3v) is 5.74. The molecule has 1 aliphatic heterocycles. The Kier molecular flexibility index (Phi) is 5.52. The van der Waals surface area contributed by atoms with E-state index in [0.717, 1.165) is 5.69 Å². The lowest BCUT2D eigenvalue weighted by Gasteiger charge is -2.37. The van der Waals surface area contributed by atoms with E-state index in [1.807, 2.05) is 35.2 Å². The summed E-state index contributed by atoms with van der Waals surface area (Å²) < 4.78 is 1.57. The lowest BCUT2D eigenvalue weighted by atomic mass is 10.00. The van der Waals surface area contributed by atoms with Crippen LogP contribution in [0.2, 0.25) is 0 Å². The Bertz CT molecular complexity index is 1070. The number of benzene rings is 1. The van der Waals surface area contributed by atoms with E-state index in [-0.39, 0.29) is 5.69 Å². The molecule has 2 aromatic heterocycles. The van der Waals surface area contributed by atoms with Crippen molar-refractivity contribution < 1.29 is 19.8 Å². The second-order valence-corrected chi connectivity index (χ2v) is 7.52. The van der Waals surface area contributed by atoms with E-state index < -0.39 is 18.0 Å². The van der Waals surface area contributed by atoms with Crippen LogP contribution < -0.4 is 0 Å². The number of aryl methyl sites for hydroxylation is 1. The SMILES string of the molecule is Cn1c(C(=O)O)c([C@@H](C(=O)O)N2CCN(Cc3ccccn3)CC2)c2ccccc21. The molecular weight excluding hydrogens is 384 g/mol. The van der Waals surface area contributed by atoms with Gasteiger partial charge in [-0.05, 0) is 18.2 Å². The molecule has 0 aliphatic carbocycles. The van der Waals surface area contributed by atoms with Gasteiger partial charge in [0, 0.05) is 62.4 Å². The normalized spacial score (nSPS) is 16.6. The van der Waals surface area contributed by atoms with Crippen LogP contribution >= 0.6 is 0 Å². The van der Waals surface area contributed by atoms with Gasteiger partial charge >= 0.3 is 11.9 Å². The van der Waals surface area contributed by atoms with Crippen molar-refractivity contribution in [2.24, 2.45) is 7.05 Å². The van der Waals surface area contributed by atoms with Crippen LogP contribution in [0.3, 0.4) is 0 Å². The van der Waals surface area contributed by atoms with Gasteiger partial charge in [0.1, 0.15) is 11.7 Å². The third-order valence-electron chi connectivity index (χ3n) is 5.74. The molecule has 156 valence electrons. The molecule has 4 rings (SSSR count). The second-order valence-electron chi connectivity index (χ2n) is 7.52. The van der Waals surface area contributed by atoms with Crippen LogP contribution in [0.15, 0.2) is 48.7 Å². The Labute approximate surface area is 174 Å². The number of pyridine rings is 1. The quantitative estimate of drug-likeness (QED) is 0.645. The topological polar surface area (TPSA) is 98.9 Å². The summed E-state index contributed by atoms with van der Waals surface area (Å²) in [6.45, 7) is 3.15. The number of carbonyl (C=O) groups is 2. The van der Waals surface area contributed by atoms with Crippen molar-refractivity contribution in [1.82, 2.24) is 19.4 Å². The molecule has 1 aromatic carbocycles. The highest BCUT2D eigenvalue weighted by Gasteiger charge is 2.36. The zero-order valence-electron chi connectivity index (χ0n) is 16.7. The van der Waals surface area contributed by atoms with Gasteiger partial charge < -0.3 is 14.8 Å². The first-order valence-electron chi connectivity index (χ1n) is 9.87. The first-order valence-corrected chi connectivity index (χ1v) is 9.87. The van der Waals surface area contributed by atoms with Gasteiger partial charge in [0.15, 0.2) is 0 Å². The minimum absolute atomic E-state index is 0.0273. The fraction of sp³-hybridized carbons (Fsp3) is 0.318. The highest BCUT2D eigenvalue weighted by atomic mass is 16.4. The molecule has 8 nitrogen and oxygen atoms in total. The molecule has 0 saturated carbocycles. The average Bonchev–Trinajstić information content (AvgIpc) is 3.03. The van der Waals surface area contributed by atoms with Gasteiger partial charge in [0.05, 0.1) is 5.69 Å². The number of fused-ring (bicyclic) bond motifs is 1. The monoisotopic (exact) mass is 408 g/mol. The van der Waals surface area contributed by atoms with E-state index in [1.165, 1.54) is 0 Å². The Balaban J connectivity index is 1.63. The van der Waals surface area contributed by atoms with Crippen molar-refractivity contribution in [3.8, 4) is 0 Å². The van der Waals surface area contributed by atoms with Crippen LogP contribution in [0.4, 0.5) is 0 Å². The van der Waals surface area contributed by atoms with Crippen LogP contribution in [-0.4, -0.2) is 67.7 Å². The molecule has 1 atom stereocenters. The van der Waals surface area contributed by atoms with Gasteiger partial charge in [0.25, 0.3) is 0 Å². The van der Waals surface area contributed by atoms with Gasteiger partial charge in [-0.15, -0.1) is 0 Å². The number of para-hydroxylation sites is 1. The summed E-state index contributed by atoms with van der Waals surface area (Å²) in [5, 5.41) is 20.6. The zero-order valence-corrected chi connectivity index (χ0v) is 16.7. The summed E-state index contributed by atoms with van der Waals surface area (Å²) in [5.74, 6) is -2.16. The first kappa shape index (κ1) is 20.1. The molecule has 1 aliphatic rings. The smallest absolute Gasteiger partial charge is 0.352 e. The molecule has 0 bridgehead atoms. The van der Waals surface area contributed by atoms with Gasteiger partial charge in [-0.3, -0.25) is 19.6 Å². The first-order chi connectivity index (χ1) is 14.5. The zero-order chi connectivity index (χ0) is 21.3. The molecular formula is C22H24N4O4. The van der Waals surface area contributed by atoms with Gasteiger partial charge in [0.2, 0.25) is 0 Å². The van der Waals surface area contributed by atoms with Crippen molar-refractivity contribution in [3.63, 3.8) is 0 Å². The van der Waals surface area contributed by atoms with E-state index in [4.69, 9.17) is 0 Å². The Morgan fingerprint density at radius 2 is 1.73 bits per heavy atom. The van der Waals surface area contributed by atoms with Crippen molar-refractivity contribution in [2.75, 3.05) is 26.2 Å². The van der Waals surface area contributed by atoms with Gasteiger partial charge in [-0.25, -0.2) is 4.79 Å². The molecule has 0 unspecified atom stereocenters. The number of carboxylic acid groups (broad SMARTS) is 2. The highest BCUT2D eigenvalue weighted by molar-refractivity contribution is 6.01. The lowest BCUT2D eigenvalue weighted by Crippen LogP contribution is -2.49. The number of rotatable bonds is 6. The summed E-state index contributed by atoms with van der Waals surface area (Å²) in [6, 6.07) is 12.0. The maximum atomic E-state index is 12.3. The van der Waals surface area contributed by atoms with Crippen LogP contribution in [0, 0.1) is 0 Å². The summed E-state index contributed by atoms with van der Waals surface area (Å²) in [5.41, 5.74) is 2.07. The van der Waals surface area contributed by atoms with Crippen molar-refractivity contribution in [2.45, 2.75) is 12.6 Å². The third kappa shape index (κ3) is 3.67. The molecule has 30 heavy (non-hydrogen) atoms. The van der Waals surface area contributed by atoms with Crippen molar-refractivity contribution in [3.05, 3.63) is 65.6 Å². The lowest BCUT2D eigenvalue weighted by molar-refractivity contribution is -0.144. The van der Waals surface area contributed by atoms with E-state index >= 15 is 0 Å². The number of aromatic carboxylic acids is 1. The van der Waals surface area contributed by atoms with Crippen LogP contribution in [0.25, 0.3) is 10.9 Å². The van der Waals surface area contributed by atoms with E-state index in [9.17, 15) is 19.8 Å². The maximum Gasteiger partial charge on any atom is 0.352 e. The molecule has 1 saturated heterocycles. The molecule has 3 heterocycles. The largest absolute Gasteiger partial charge is 0.480 e. The molecule has 0 radical (unpaired) electrons. The predicted octanol–water partition coefficient (Wildman–Crippen LogP) is 2.21. The second kappa shape index (κ2) is 8.25. The van der Waals surface area contributed by atoms with E-state index in [1.54, 1.807) is 29.9 Å². The molecule has 0 amide bonds.